The van der Waals surface area contributed by atoms with E-state index < -0.39 is 0 Å². The molecular weight excluding hydrogens is 452 g/mol. The van der Waals surface area contributed by atoms with E-state index in [0.29, 0.717) is 31.8 Å². The van der Waals surface area contributed by atoms with Crippen LogP contribution in [-0.2, 0) is 17.8 Å². The van der Waals surface area contributed by atoms with E-state index in [1.54, 1.807) is 28.2 Å². The summed E-state index contributed by atoms with van der Waals surface area (Å²) in [7, 11) is 0. The summed E-state index contributed by atoms with van der Waals surface area (Å²) >= 11 is 0. The van der Waals surface area contributed by atoms with Crippen LogP contribution in [0.15, 0.2) is 77.4 Å². The Kier molecular flexibility index (Phi) is 10.6. The van der Waals surface area contributed by atoms with Crippen LogP contribution in [0.5, 0.6) is 5.75 Å². The van der Waals surface area contributed by atoms with Crippen LogP contribution in [0.3, 0.4) is 0 Å². The molecular formula is C30H38N2O4. The molecule has 3 rings (SSSR count). The number of ether oxygens (including phenoxy) is 1. The van der Waals surface area contributed by atoms with Crippen molar-refractivity contribution in [3.63, 3.8) is 0 Å². The van der Waals surface area contributed by atoms with Crippen molar-refractivity contribution in [1.29, 1.82) is 0 Å². The van der Waals surface area contributed by atoms with E-state index in [1.807, 2.05) is 56.3 Å². The van der Waals surface area contributed by atoms with E-state index >= 15 is 0 Å². The van der Waals surface area contributed by atoms with Gasteiger partial charge >= 0.3 is 0 Å². The summed E-state index contributed by atoms with van der Waals surface area (Å²) in [6, 6.07) is 21.0. The first kappa shape index (κ1) is 27.1. The maximum Gasteiger partial charge on any atom is 0.254 e. The molecule has 0 aliphatic heterocycles. The third-order valence-electron chi connectivity index (χ3n) is 5.86. The van der Waals surface area contributed by atoms with Gasteiger partial charge in [0.05, 0.1) is 19.4 Å². The molecule has 0 atom stereocenters. The molecule has 192 valence electrons. The first-order valence-corrected chi connectivity index (χ1v) is 12.8. The second kappa shape index (κ2) is 14.1. The second-order valence-corrected chi connectivity index (χ2v) is 9.44. The maximum atomic E-state index is 13.5. The fraction of sp³-hybridized carbons (Fsp3) is 0.400. The van der Waals surface area contributed by atoms with Crippen molar-refractivity contribution in [2.45, 2.75) is 46.6 Å². The van der Waals surface area contributed by atoms with Crippen LogP contribution < -0.4 is 4.74 Å². The summed E-state index contributed by atoms with van der Waals surface area (Å²) in [5.74, 6) is 1.43. The van der Waals surface area contributed by atoms with E-state index in [0.717, 1.165) is 36.3 Å². The van der Waals surface area contributed by atoms with Crippen molar-refractivity contribution in [3.8, 4) is 5.75 Å². The fourth-order valence-electron chi connectivity index (χ4n) is 3.93. The van der Waals surface area contributed by atoms with Gasteiger partial charge in [0, 0.05) is 18.7 Å². The maximum absolute atomic E-state index is 13.5. The number of nitrogens with zero attached hydrogens (tertiary/aromatic N) is 2. The van der Waals surface area contributed by atoms with E-state index in [-0.39, 0.29) is 24.3 Å². The molecule has 2 aromatic carbocycles. The van der Waals surface area contributed by atoms with Gasteiger partial charge in [-0.05, 0) is 60.7 Å². The topological polar surface area (TPSA) is 63.0 Å². The van der Waals surface area contributed by atoms with Gasteiger partial charge in [0.1, 0.15) is 18.1 Å². The third kappa shape index (κ3) is 8.59. The van der Waals surface area contributed by atoms with E-state index in [2.05, 4.69) is 19.1 Å². The van der Waals surface area contributed by atoms with Crippen molar-refractivity contribution >= 4 is 11.8 Å². The molecule has 1 heterocycles. The van der Waals surface area contributed by atoms with Crippen LogP contribution in [-0.4, -0.2) is 47.9 Å². The molecule has 0 bridgehead atoms. The van der Waals surface area contributed by atoms with E-state index in [9.17, 15) is 9.59 Å². The predicted octanol–water partition coefficient (Wildman–Crippen LogP) is 5.83. The minimum atomic E-state index is -0.154. The molecule has 0 saturated carbocycles. The smallest absolute Gasteiger partial charge is 0.254 e. The lowest BCUT2D eigenvalue weighted by Gasteiger charge is -2.28. The van der Waals surface area contributed by atoms with Crippen molar-refractivity contribution in [2.75, 3.05) is 26.2 Å². The minimum Gasteiger partial charge on any atom is -0.494 e. The summed E-state index contributed by atoms with van der Waals surface area (Å²) in [4.78, 5) is 30.3. The Balaban J connectivity index is 1.71. The van der Waals surface area contributed by atoms with Crippen LogP contribution in [0, 0.1) is 5.92 Å². The Morgan fingerprint density at radius 3 is 2.33 bits per heavy atom. The average Bonchev–Trinajstić information content (AvgIpc) is 3.40. The van der Waals surface area contributed by atoms with Crippen LogP contribution >= 0.6 is 0 Å². The van der Waals surface area contributed by atoms with Gasteiger partial charge in [-0.3, -0.25) is 9.59 Å². The highest BCUT2D eigenvalue weighted by molar-refractivity contribution is 5.96. The quantitative estimate of drug-likeness (QED) is 0.267. The molecule has 0 spiro atoms. The lowest BCUT2D eigenvalue weighted by Crippen LogP contribution is -2.44. The van der Waals surface area contributed by atoms with Crippen LogP contribution in [0.4, 0.5) is 0 Å². The predicted molar refractivity (Wildman–Crippen MR) is 142 cm³/mol. The van der Waals surface area contributed by atoms with Crippen molar-refractivity contribution in [3.05, 3.63) is 89.9 Å². The number of furan rings is 1. The van der Waals surface area contributed by atoms with Crippen molar-refractivity contribution in [1.82, 2.24) is 9.80 Å². The number of hydrogen-bond acceptors (Lipinski definition) is 4. The minimum absolute atomic E-state index is 0.0151. The first-order chi connectivity index (χ1) is 17.5. The molecule has 0 aliphatic rings. The lowest BCUT2D eigenvalue weighted by atomic mass is 10.1. The number of carbonyl (C=O) groups is 2. The number of unbranched alkanes of at least 4 members (excludes halogenated alkanes) is 1. The Bertz CT molecular complexity index is 1050. The molecule has 6 nitrogen and oxygen atoms in total. The van der Waals surface area contributed by atoms with Gasteiger partial charge < -0.3 is 19.0 Å². The summed E-state index contributed by atoms with van der Waals surface area (Å²) in [5, 5.41) is 0. The Morgan fingerprint density at radius 1 is 0.944 bits per heavy atom. The zero-order valence-corrected chi connectivity index (χ0v) is 21.7. The van der Waals surface area contributed by atoms with Crippen molar-refractivity contribution in [2.24, 2.45) is 5.92 Å². The monoisotopic (exact) mass is 490 g/mol. The second-order valence-electron chi connectivity index (χ2n) is 9.44. The molecule has 0 aliphatic carbocycles. The number of rotatable bonds is 14. The van der Waals surface area contributed by atoms with Gasteiger partial charge in [0.25, 0.3) is 5.91 Å². The molecule has 0 saturated heterocycles. The zero-order valence-electron chi connectivity index (χ0n) is 21.7. The summed E-state index contributed by atoms with van der Waals surface area (Å²) in [6.45, 7) is 8.29. The fourth-order valence-corrected chi connectivity index (χ4v) is 3.93. The van der Waals surface area contributed by atoms with Gasteiger partial charge in [0.15, 0.2) is 0 Å². The lowest BCUT2D eigenvalue weighted by molar-refractivity contribution is -0.132. The largest absolute Gasteiger partial charge is 0.494 e. The van der Waals surface area contributed by atoms with E-state index in [1.165, 1.54) is 0 Å². The SMILES string of the molecule is CCCCOc1ccc(C(=O)N(CC(=O)N(CCc2ccccc2)Cc2ccco2)CC(C)C)cc1. The van der Waals surface area contributed by atoms with Crippen LogP contribution in [0.25, 0.3) is 0 Å². The molecule has 0 fully saturated rings. The first-order valence-electron chi connectivity index (χ1n) is 12.8. The highest BCUT2D eigenvalue weighted by Crippen LogP contribution is 2.16. The number of hydrogen-bond donors (Lipinski definition) is 0. The number of carbonyl (C=O) groups excluding carboxylic acids is 2. The molecule has 0 N–H and O–H groups in total. The molecule has 36 heavy (non-hydrogen) atoms. The molecule has 1 aromatic heterocycles. The van der Waals surface area contributed by atoms with Gasteiger partial charge in [-0.1, -0.05) is 57.5 Å². The summed E-state index contributed by atoms with van der Waals surface area (Å²) in [5.41, 5.74) is 1.71. The van der Waals surface area contributed by atoms with Crippen LogP contribution in [0.1, 0.15) is 55.3 Å². The van der Waals surface area contributed by atoms with Gasteiger partial charge in [-0.15, -0.1) is 0 Å². The highest BCUT2D eigenvalue weighted by atomic mass is 16.5. The standard InChI is InChI=1S/C30H38N2O4/c1-4-5-19-35-27-15-13-26(14-16-27)30(34)32(21-24(2)3)23-29(33)31(22-28-12-9-20-36-28)18-17-25-10-7-6-8-11-25/h6-16,20,24H,4-5,17-19,21-23H2,1-3H3. The Labute approximate surface area is 214 Å². The molecule has 0 unspecified atom stereocenters. The summed E-state index contributed by atoms with van der Waals surface area (Å²) < 4.78 is 11.2. The van der Waals surface area contributed by atoms with Gasteiger partial charge in [0.2, 0.25) is 5.91 Å². The van der Waals surface area contributed by atoms with Crippen molar-refractivity contribution < 1.29 is 18.7 Å². The molecule has 6 heteroatoms. The van der Waals surface area contributed by atoms with Gasteiger partial charge in [-0.25, -0.2) is 0 Å². The number of benzene rings is 2. The van der Waals surface area contributed by atoms with E-state index in [4.69, 9.17) is 9.15 Å². The Morgan fingerprint density at radius 2 is 1.69 bits per heavy atom. The number of amides is 2. The molecule has 3 aromatic rings. The third-order valence-corrected chi connectivity index (χ3v) is 5.86. The normalized spacial score (nSPS) is 10.9. The molecule has 0 radical (unpaired) electrons. The molecule has 2 amide bonds. The summed E-state index contributed by atoms with van der Waals surface area (Å²) in [6.07, 6.45) is 4.39. The average molecular weight is 491 g/mol. The Hall–Kier alpha value is -3.54. The highest BCUT2D eigenvalue weighted by Gasteiger charge is 2.24. The van der Waals surface area contributed by atoms with Crippen LogP contribution in [0.2, 0.25) is 0 Å². The van der Waals surface area contributed by atoms with Gasteiger partial charge in [-0.2, -0.15) is 0 Å². The zero-order chi connectivity index (χ0) is 25.8.